The molecule has 0 saturated heterocycles. The average Bonchev–Trinajstić information content (AvgIpc) is 2.74. The van der Waals surface area contributed by atoms with Gasteiger partial charge in [-0.15, -0.1) is 0 Å². The first kappa shape index (κ1) is 20.5. The molecule has 3 aromatic carbocycles. The van der Waals surface area contributed by atoms with Gasteiger partial charge in [0.05, 0.1) is 37.6 Å². The van der Waals surface area contributed by atoms with Crippen LogP contribution in [0.2, 0.25) is 5.02 Å². The second-order valence-electron chi connectivity index (χ2n) is 6.06. The summed E-state index contributed by atoms with van der Waals surface area (Å²) < 4.78 is 16.2. The van der Waals surface area contributed by atoms with Crippen molar-refractivity contribution in [3.8, 4) is 17.2 Å². The minimum absolute atomic E-state index is 0.388. The number of nitrogens with one attached hydrogen (secondary N) is 1. The van der Waals surface area contributed by atoms with Crippen molar-refractivity contribution in [2.75, 3.05) is 20.8 Å². The molecule has 0 spiro atoms. The molecule has 3 rings (SSSR count). The molecule has 0 bridgehead atoms. The Hall–Kier alpha value is -3.25. The number of methoxy groups -OCH3 is 2. The van der Waals surface area contributed by atoms with Gasteiger partial charge in [0, 0.05) is 11.6 Å². The second-order valence-corrected chi connectivity index (χ2v) is 6.46. The smallest absolute Gasteiger partial charge is 0.275 e. The molecule has 150 valence electrons. The van der Waals surface area contributed by atoms with Crippen molar-refractivity contribution in [1.29, 1.82) is 0 Å². The van der Waals surface area contributed by atoms with Crippen molar-refractivity contribution >= 4 is 34.5 Å². The molecule has 0 atom stereocenters. The van der Waals surface area contributed by atoms with Crippen LogP contribution in [0.4, 0.5) is 0 Å². The second kappa shape index (κ2) is 9.30. The molecule has 1 N–H and O–H groups in total. The van der Waals surface area contributed by atoms with Gasteiger partial charge in [-0.2, -0.15) is 5.10 Å². The maximum atomic E-state index is 12.6. The van der Waals surface area contributed by atoms with Crippen molar-refractivity contribution in [2.24, 2.45) is 5.10 Å². The molecule has 0 saturated carbocycles. The molecular formula is C22H21ClN2O4. The SMILES string of the molecule is CCOc1cc(Cl)c(C=NNC(=O)c2cc3ccccc3cc2OC)cc1OC. The van der Waals surface area contributed by atoms with E-state index in [1.165, 1.54) is 13.3 Å². The molecule has 6 nitrogen and oxygen atoms in total. The Labute approximate surface area is 174 Å². The van der Waals surface area contributed by atoms with Crippen molar-refractivity contribution in [2.45, 2.75) is 6.92 Å². The lowest BCUT2D eigenvalue weighted by Crippen LogP contribution is -2.18. The van der Waals surface area contributed by atoms with E-state index in [4.69, 9.17) is 25.8 Å². The molecule has 0 aliphatic heterocycles. The van der Waals surface area contributed by atoms with E-state index in [0.29, 0.717) is 40.0 Å². The number of benzene rings is 3. The summed E-state index contributed by atoms with van der Waals surface area (Å²) in [5.41, 5.74) is 3.48. The maximum Gasteiger partial charge on any atom is 0.275 e. The molecule has 0 fully saturated rings. The topological polar surface area (TPSA) is 69.2 Å². The standard InChI is InChI=1S/C22H21ClN2O4/c1-4-29-21-12-18(23)16(11-20(21)28-3)13-24-25-22(26)17-9-14-7-5-6-8-15(14)10-19(17)27-2/h5-13H,4H2,1-3H3,(H,25,26). The Morgan fingerprint density at radius 2 is 1.72 bits per heavy atom. The average molecular weight is 413 g/mol. The lowest BCUT2D eigenvalue weighted by Gasteiger charge is -2.11. The fraction of sp³-hybridized carbons (Fsp3) is 0.182. The third kappa shape index (κ3) is 4.60. The normalized spacial score (nSPS) is 10.9. The molecule has 7 heteroatoms. The summed E-state index contributed by atoms with van der Waals surface area (Å²) in [5.74, 6) is 1.15. The number of ether oxygens (including phenoxy) is 3. The first-order chi connectivity index (χ1) is 14.1. The van der Waals surface area contributed by atoms with Gasteiger partial charge in [-0.05, 0) is 35.9 Å². The van der Waals surface area contributed by atoms with Gasteiger partial charge < -0.3 is 14.2 Å². The Morgan fingerprint density at radius 3 is 2.38 bits per heavy atom. The highest BCUT2D eigenvalue weighted by atomic mass is 35.5. The summed E-state index contributed by atoms with van der Waals surface area (Å²) in [4.78, 5) is 12.6. The minimum Gasteiger partial charge on any atom is -0.496 e. The predicted molar refractivity (Wildman–Crippen MR) is 115 cm³/mol. The quantitative estimate of drug-likeness (QED) is 0.452. The molecular weight excluding hydrogens is 392 g/mol. The molecule has 0 aliphatic carbocycles. The Bertz CT molecular complexity index is 1070. The first-order valence-corrected chi connectivity index (χ1v) is 9.35. The lowest BCUT2D eigenvalue weighted by molar-refractivity contribution is 0.0952. The number of fused-ring (bicyclic) bond motifs is 1. The van der Waals surface area contributed by atoms with Crippen LogP contribution in [0.3, 0.4) is 0 Å². The Kier molecular flexibility index (Phi) is 6.57. The fourth-order valence-electron chi connectivity index (χ4n) is 2.86. The van der Waals surface area contributed by atoms with Gasteiger partial charge in [0.2, 0.25) is 0 Å². The number of rotatable bonds is 7. The molecule has 3 aromatic rings. The summed E-state index contributed by atoms with van der Waals surface area (Å²) >= 11 is 6.28. The predicted octanol–water partition coefficient (Wildman–Crippen LogP) is 4.67. The summed E-state index contributed by atoms with van der Waals surface area (Å²) in [7, 11) is 3.07. The van der Waals surface area contributed by atoms with Crippen molar-refractivity contribution in [3.63, 3.8) is 0 Å². The number of nitrogens with zero attached hydrogens (tertiary/aromatic N) is 1. The van der Waals surface area contributed by atoms with Gasteiger partial charge >= 0.3 is 0 Å². The number of hydrogen-bond donors (Lipinski definition) is 1. The zero-order valence-electron chi connectivity index (χ0n) is 16.4. The number of halogens is 1. The molecule has 0 aromatic heterocycles. The van der Waals surface area contributed by atoms with E-state index in [9.17, 15) is 4.79 Å². The number of carbonyl (C=O) groups is 1. The zero-order chi connectivity index (χ0) is 20.8. The van der Waals surface area contributed by atoms with E-state index in [0.717, 1.165) is 10.8 Å². The minimum atomic E-state index is -0.391. The molecule has 0 aliphatic rings. The van der Waals surface area contributed by atoms with Crippen LogP contribution in [0, 0.1) is 0 Å². The van der Waals surface area contributed by atoms with E-state index in [-0.39, 0.29) is 0 Å². The maximum absolute atomic E-state index is 12.6. The highest BCUT2D eigenvalue weighted by Gasteiger charge is 2.14. The summed E-state index contributed by atoms with van der Waals surface area (Å²) in [6.45, 7) is 2.36. The summed E-state index contributed by atoms with van der Waals surface area (Å²) in [6.07, 6.45) is 1.45. The summed E-state index contributed by atoms with van der Waals surface area (Å²) in [5, 5.41) is 6.37. The largest absolute Gasteiger partial charge is 0.496 e. The van der Waals surface area contributed by atoms with Gasteiger partial charge in [-0.1, -0.05) is 35.9 Å². The number of carbonyl (C=O) groups excluding carboxylic acids is 1. The zero-order valence-corrected chi connectivity index (χ0v) is 17.1. The fourth-order valence-corrected chi connectivity index (χ4v) is 3.07. The van der Waals surface area contributed by atoms with E-state index >= 15 is 0 Å². The van der Waals surface area contributed by atoms with Gasteiger partial charge in [0.25, 0.3) is 5.91 Å². The van der Waals surface area contributed by atoms with Crippen molar-refractivity contribution in [3.05, 3.63) is 64.7 Å². The van der Waals surface area contributed by atoms with Crippen LogP contribution in [0.15, 0.2) is 53.6 Å². The first-order valence-electron chi connectivity index (χ1n) is 8.97. The van der Waals surface area contributed by atoms with Gasteiger partial charge in [-0.25, -0.2) is 5.43 Å². The third-order valence-corrected chi connectivity index (χ3v) is 4.59. The Morgan fingerprint density at radius 1 is 1.03 bits per heavy atom. The van der Waals surface area contributed by atoms with E-state index in [2.05, 4.69) is 10.5 Å². The summed E-state index contributed by atoms with van der Waals surface area (Å²) in [6, 6.07) is 14.7. The van der Waals surface area contributed by atoms with Crippen LogP contribution >= 0.6 is 11.6 Å². The van der Waals surface area contributed by atoms with Crippen LogP contribution < -0.4 is 19.6 Å². The monoisotopic (exact) mass is 412 g/mol. The van der Waals surface area contributed by atoms with Crippen LogP contribution in [-0.2, 0) is 0 Å². The lowest BCUT2D eigenvalue weighted by atomic mass is 10.1. The van der Waals surface area contributed by atoms with Crippen LogP contribution in [0.5, 0.6) is 17.2 Å². The molecule has 0 radical (unpaired) electrons. The van der Waals surface area contributed by atoms with Gasteiger partial charge in [0.1, 0.15) is 5.75 Å². The molecule has 0 heterocycles. The number of hydrogen-bond acceptors (Lipinski definition) is 5. The van der Waals surface area contributed by atoms with Crippen LogP contribution in [0.25, 0.3) is 10.8 Å². The van der Waals surface area contributed by atoms with Gasteiger partial charge in [-0.3, -0.25) is 4.79 Å². The number of amides is 1. The highest BCUT2D eigenvalue weighted by molar-refractivity contribution is 6.33. The van der Waals surface area contributed by atoms with E-state index in [1.807, 2.05) is 37.3 Å². The van der Waals surface area contributed by atoms with Crippen molar-refractivity contribution in [1.82, 2.24) is 5.43 Å². The van der Waals surface area contributed by atoms with Gasteiger partial charge in [0.15, 0.2) is 11.5 Å². The van der Waals surface area contributed by atoms with E-state index < -0.39 is 5.91 Å². The van der Waals surface area contributed by atoms with Crippen LogP contribution in [0.1, 0.15) is 22.8 Å². The van der Waals surface area contributed by atoms with Crippen molar-refractivity contribution < 1.29 is 19.0 Å². The third-order valence-electron chi connectivity index (χ3n) is 4.26. The molecule has 0 unspecified atom stereocenters. The highest BCUT2D eigenvalue weighted by Crippen LogP contribution is 2.32. The Balaban J connectivity index is 1.82. The van der Waals surface area contributed by atoms with E-state index in [1.54, 1.807) is 25.3 Å². The number of hydrazone groups is 1. The molecule has 1 amide bonds. The van der Waals surface area contributed by atoms with Crippen LogP contribution in [-0.4, -0.2) is 32.9 Å². The molecule has 29 heavy (non-hydrogen) atoms.